The van der Waals surface area contributed by atoms with Crippen molar-refractivity contribution in [3.05, 3.63) is 94.8 Å². The Bertz CT molecular complexity index is 1350. The molecule has 3 aromatic carbocycles. The molecule has 1 aliphatic carbocycles. The Morgan fingerprint density at radius 1 is 0.935 bits per heavy atom. The van der Waals surface area contributed by atoms with Gasteiger partial charge in [-0.05, 0) is 54.8 Å². The van der Waals surface area contributed by atoms with Crippen molar-refractivity contribution in [1.82, 2.24) is 0 Å². The highest BCUT2D eigenvalue weighted by atomic mass is 32.2. The predicted molar refractivity (Wildman–Crippen MR) is 108 cm³/mol. The van der Waals surface area contributed by atoms with Gasteiger partial charge in [-0.25, -0.2) is 21.6 Å². The molecule has 0 fully saturated rings. The van der Waals surface area contributed by atoms with Crippen LogP contribution in [0.1, 0.15) is 28.4 Å². The number of benzene rings is 3. The van der Waals surface area contributed by atoms with Crippen LogP contribution in [0.4, 0.5) is 18.9 Å². The molecule has 0 saturated carbocycles. The Balaban J connectivity index is 1.72. The molecule has 31 heavy (non-hydrogen) atoms. The maximum atomic E-state index is 13.8. The number of nitrogens with zero attached hydrogens (tertiary/aromatic N) is 1. The van der Waals surface area contributed by atoms with Crippen LogP contribution in [-0.4, -0.2) is 20.2 Å². The molecule has 0 bridgehead atoms. The van der Waals surface area contributed by atoms with Crippen molar-refractivity contribution in [2.45, 2.75) is 29.7 Å². The molecule has 3 aromatic rings. The fourth-order valence-electron chi connectivity index (χ4n) is 4.90. The van der Waals surface area contributed by atoms with Crippen molar-refractivity contribution in [3.8, 4) is 0 Å². The number of Topliss-reactive ketones (excluding diaryl/α,β-unsaturated/α-hetero) is 1. The highest BCUT2D eigenvalue weighted by Gasteiger charge is 2.60. The topological polar surface area (TPSA) is 54.5 Å². The number of rotatable bonds is 2. The number of halogens is 3. The lowest BCUT2D eigenvalue weighted by atomic mass is 9.74. The van der Waals surface area contributed by atoms with Crippen LogP contribution in [0.25, 0.3) is 0 Å². The Hall–Kier alpha value is -3.13. The van der Waals surface area contributed by atoms with Gasteiger partial charge in [-0.3, -0.25) is 9.10 Å². The number of carbonyl (C=O) groups excluding carboxylic acids is 1. The van der Waals surface area contributed by atoms with E-state index in [-0.39, 0.29) is 23.5 Å². The molecule has 0 saturated heterocycles. The summed E-state index contributed by atoms with van der Waals surface area (Å²) >= 11 is 0. The van der Waals surface area contributed by atoms with E-state index < -0.39 is 43.8 Å². The Labute approximate surface area is 177 Å². The SMILES string of the molecule is C[C@@H]1N(S(=O)(=O)c2cc(F)cc(F)c2)c2ccccc2[C@@]12Cc1ccc(F)cc1C2=O. The van der Waals surface area contributed by atoms with E-state index in [1.807, 2.05) is 0 Å². The summed E-state index contributed by atoms with van der Waals surface area (Å²) in [5, 5.41) is 0. The van der Waals surface area contributed by atoms with Crippen LogP contribution in [0.15, 0.2) is 65.6 Å². The summed E-state index contributed by atoms with van der Waals surface area (Å²) in [7, 11) is -4.40. The van der Waals surface area contributed by atoms with Gasteiger partial charge in [-0.15, -0.1) is 0 Å². The maximum Gasteiger partial charge on any atom is 0.264 e. The number of carbonyl (C=O) groups is 1. The summed E-state index contributed by atoms with van der Waals surface area (Å²) in [6.45, 7) is 1.59. The predicted octanol–water partition coefficient (Wildman–Crippen LogP) is 4.38. The molecule has 0 radical (unpaired) electrons. The van der Waals surface area contributed by atoms with E-state index in [4.69, 9.17) is 0 Å². The van der Waals surface area contributed by atoms with Crippen molar-refractivity contribution in [2.24, 2.45) is 0 Å². The van der Waals surface area contributed by atoms with Gasteiger partial charge in [0.15, 0.2) is 5.78 Å². The zero-order valence-electron chi connectivity index (χ0n) is 16.3. The first-order valence-corrected chi connectivity index (χ1v) is 11.0. The third kappa shape index (κ3) is 2.61. The molecule has 0 N–H and O–H groups in total. The molecule has 2 aliphatic rings. The third-order valence-electron chi connectivity index (χ3n) is 6.27. The zero-order chi connectivity index (χ0) is 22.1. The fraction of sp³-hybridized carbons (Fsp3) is 0.174. The van der Waals surface area contributed by atoms with Crippen LogP contribution in [0.3, 0.4) is 0 Å². The van der Waals surface area contributed by atoms with E-state index in [1.165, 1.54) is 18.2 Å². The molecule has 158 valence electrons. The zero-order valence-corrected chi connectivity index (χ0v) is 17.1. The smallest absolute Gasteiger partial charge is 0.264 e. The van der Waals surface area contributed by atoms with E-state index in [0.29, 0.717) is 17.2 Å². The third-order valence-corrected chi connectivity index (χ3v) is 8.13. The van der Waals surface area contributed by atoms with Gasteiger partial charge < -0.3 is 0 Å². The first kappa shape index (κ1) is 19.8. The summed E-state index contributed by atoms with van der Waals surface area (Å²) in [6, 6.07) is 11.7. The number of hydrogen-bond donors (Lipinski definition) is 0. The summed E-state index contributed by atoms with van der Waals surface area (Å²) in [4.78, 5) is 13.0. The fourth-order valence-corrected chi connectivity index (χ4v) is 6.66. The van der Waals surface area contributed by atoms with E-state index in [9.17, 15) is 26.4 Å². The molecule has 1 heterocycles. The molecule has 1 spiro atoms. The summed E-state index contributed by atoms with van der Waals surface area (Å²) in [5.41, 5.74) is 0.346. The van der Waals surface area contributed by atoms with Gasteiger partial charge in [0.1, 0.15) is 17.5 Å². The molecule has 0 unspecified atom stereocenters. The standard InChI is InChI=1S/C23H16F3NO3S/c1-13-23(12-14-6-7-15(24)11-19(14)22(23)28)20-4-2-3-5-21(20)27(13)31(29,30)18-9-16(25)8-17(26)10-18/h2-11,13H,12H2,1H3/t13-,23+/m0/s1. The van der Waals surface area contributed by atoms with Crippen molar-refractivity contribution < 1.29 is 26.4 Å². The summed E-state index contributed by atoms with van der Waals surface area (Å²) in [5.74, 6) is -2.96. The monoisotopic (exact) mass is 443 g/mol. The second kappa shape index (κ2) is 6.43. The Morgan fingerprint density at radius 2 is 1.61 bits per heavy atom. The summed E-state index contributed by atoms with van der Waals surface area (Å²) < 4.78 is 69.5. The number of ketones is 1. The van der Waals surface area contributed by atoms with Crippen LogP contribution < -0.4 is 4.31 Å². The van der Waals surface area contributed by atoms with Gasteiger partial charge in [0.2, 0.25) is 0 Å². The molecular weight excluding hydrogens is 427 g/mol. The Kier molecular flexibility index (Phi) is 4.11. The van der Waals surface area contributed by atoms with Gasteiger partial charge in [0.25, 0.3) is 10.0 Å². The Morgan fingerprint density at radius 3 is 2.32 bits per heavy atom. The number of sulfonamides is 1. The lowest BCUT2D eigenvalue weighted by Crippen LogP contribution is -2.49. The highest BCUT2D eigenvalue weighted by Crippen LogP contribution is 2.54. The molecule has 5 rings (SSSR count). The van der Waals surface area contributed by atoms with Crippen molar-refractivity contribution in [3.63, 3.8) is 0 Å². The van der Waals surface area contributed by atoms with E-state index >= 15 is 0 Å². The normalized spacial score (nSPS) is 22.1. The van der Waals surface area contributed by atoms with Gasteiger partial charge >= 0.3 is 0 Å². The number of anilines is 1. The molecular formula is C23H16F3NO3S. The van der Waals surface area contributed by atoms with Crippen LogP contribution in [0.5, 0.6) is 0 Å². The van der Waals surface area contributed by atoms with Gasteiger partial charge in [0.05, 0.1) is 22.0 Å². The second-order valence-electron chi connectivity index (χ2n) is 7.88. The van der Waals surface area contributed by atoms with E-state index in [0.717, 1.165) is 16.4 Å². The quantitative estimate of drug-likeness (QED) is 0.591. The number of para-hydroxylation sites is 1. The molecule has 0 aromatic heterocycles. The second-order valence-corrected chi connectivity index (χ2v) is 9.69. The molecule has 4 nitrogen and oxygen atoms in total. The maximum absolute atomic E-state index is 13.8. The number of hydrogen-bond acceptors (Lipinski definition) is 3. The minimum Gasteiger partial charge on any atom is -0.293 e. The first-order chi connectivity index (χ1) is 14.7. The van der Waals surface area contributed by atoms with E-state index in [2.05, 4.69) is 0 Å². The average molecular weight is 443 g/mol. The minimum absolute atomic E-state index is 0.198. The lowest BCUT2D eigenvalue weighted by molar-refractivity contribution is 0.0893. The minimum atomic E-state index is -4.40. The largest absolute Gasteiger partial charge is 0.293 e. The van der Waals surface area contributed by atoms with Crippen LogP contribution in [0, 0.1) is 17.5 Å². The van der Waals surface area contributed by atoms with Gasteiger partial charge in [-0.1, -0.05) is 24.3 Å². The van der Waals surface area contributed by atoms with Crippen molar-refractivity contribution in [1.29, 1.82) is 0 Å². The van der Waals surface area contributed by atoms with Crippen molar-refractivity contribution >= 4 is 21.5 Å². The molecule has 0 amide bonds. The van der Waals surface area contributed by atoms with Crippen LogP contribution in [0.2, 0.25) is 0 Å². The van der Waals surface area contributed by atoms with Crippen molar-refractivity contribution in [2.75, 3.05) is 4.31 Å². The van der Waals surface area contributed by atoms with Crippen LogP contribution in [-0.2, 0) is 21.9 Å². The van der Waals surface area contributed by atoms with Gasteiger partial charge in [-0.2, -0.15) is 0 Å². The average Bonchev–Trinajstić information content (AvgIpc) is 3.14. The van der Waals surface area contributed by atoms with E-state index in [1.54, 1.807) is 31.2 Å². The highest BCUT2D eigenvalue weighted by molar-refractivity contribution is 7.92. The lowest BCUT2D eigenvalue weighted by Gasteiger charge is -2.32. The number of fused-ring (bicyclic) bond motifs is 3. The summed E-state index contributed by atoms with van der Waals surface area (Å²) in [6.07, 6.45) is 0.198. The molecule has 8 heteroatoms. The molecule has 1 aliphatic heterocycles. The van der Waals surface area contributed by atoms with Crippen LogP contribution >= 0.6 is 0 Å². The van der Waals surface area contributed by atoms with Gasteiger partial charge in [0, 0.05) is 11.6 Å². The molecule has 2 atom stereocenters. The first-order valence-electron chi connectivity index (χ1n) is 9.59.